The zero-order valence-corrected chi connectivity index (χ0v) is 33.2. The van der Waals surface area contributed by atoms with E-state index in [9.17, 15) is 32.3 Å². The lowest BCUT2D eigenvalue weighted by atomic mass is 10.0. The minimum Gasteiger partial charge on any atom is -0.453 e. The van der Waals surface area contributed by atoms with Crippen molar-refractivity contribution in [2.24, 2.45) is 17.8 Å². The molecule has 2 aromatic heterocycles. The van der Waals surface area contributed by atoms with Gasteiger partial charge < -0.3 is 39.9 Å². The minimum absolute atomic E-state index is 0.138. The molecule has 2 saturated heterocycles. The smallest absolute Gasteiger partial charge is 0.407 e. The van der Waals surface area contributed by atoms with Crippen molar-refractivity contribution in [3.8, 4) is 33.6 Å². The highest BCUT2D eigenvalue weighted by molar-refractivity contribution is 5.87. The van der Waals surface area contributed by atoms with Crippen LogP contribution in [0.2, 0.25) is 0 Å². The number of aromatic amines is 2. The lowest BCUT2D eigenvalue weighted by Crippen LogP contribution is -2.51. The van der Waals surface area contributed by atoms with Crippen molar-refractivity contribution in [1.82, 2.24) is 40.4 Å². The SMILES string of the molecule is COC(=O)N[C@H](C(=O)N1CCC[C@H]1c1ncc(-c2ccc(-c3ccc(-c4cnc([C@@H]5C[C@H](C(F)(F)F)CN5C(=O)[C@@H](NC(=O)OC)C(C)C)[nH]4)cc3)cc2)[nH]1)C(C)C. The number of imidazole rings is 2. The van der Waals surface area contributed by atoms with Gasteiger partial charge in [-0.1, -0.05) is 76.2 Å². The maximum Gasteiger partial charge on any atom is 0.407 e. The molecule has 0 saturated carbocycles. The number of carbonyl (C=O) groups excluding carboxylic acids is 4. The molecule has 2 aliphatic rings. The lowest BCUT2D eigenvalue weighted by molar-refractivity contribution is -0.171. The Bertz CT molecular complexity index is 2080. The molecular formula is C41H49F3N8O6. The number of carbonyl (C=O) groups is 4. The number of alkyl carbamates (subject to hydrolysis) is 2. The second kappa shape index (κ2) is 17.3. The summed E-state index contributed by atoms with van der Waals surface area (Å²) in [6, 6.07) is 12.5. The summed E-state index contributed by atoms with van der Waals surface area (Å²) in [5.41, 5.74) is 4.90. The fourth-order valence-electron chi connectivity index (χ4n) is 7.64. The van der Waals surface area contributed by atoms with E-state index < -0.39 is 60.8 Å². The standard InChI is InChI=1S/C41H49F3N8O6/c1-22(2)33(49-39(55)57-5)37(53)51-17-7-8-31(51)35-45-19-29(47-35)26-13-9-24(10-14-26)25-11-15-27(16-12-25)30-20-46-36(48-30)32-18-28(41(42,43)44)21-52(32)38(54)34(23(3)4)50-40(56)58-6/h9-16,19-20,22-23,28,31-34H,7-8,17-18,21H2,1-6H3,(H,45,47)(H,46,48)(H,49,55)(H,50,56)/t28-,31-,32-,33-,34-/m0/s1. The third-order valence-electron chi connectivity index (χ3n) is 10.9. The molecule has 2 aliphatic heterocycles. The van der Waals surface area contributed by atoms with Crippen LogP contribution in [0.5, 0.6) is 0 Å². The van der Waals surface area contributed by atoms with Gasteiger partial charge in [-0.15, -0.1) is 0 Å². The Morgan fingerprint density at radius 2 is 1.14 bits per heavy atom. The minimum atomic E-state index is -4.52. The Hall–Kier alpha value is -5.87. The average molecular weight is 807 g/mol. The number of H-pyrrole nitrogens is 2. The van der Waals surface area contributed by atoms with Crippen LogP contribution < -0.4 is 10.6 Å². The van der Waals surface area contributed by atoms with E-state index in [2.05, 4.69) is 35.3 Å². The van der Waals surface area contributed by atoms with Gasteiger partial charge in [-0.05, 0) is 53.4 Å². The molecule has 4 heterocycles. The number of ether oxygens (including phenoxy) is 2. The number of benzene rings is 2. The molecule has 0 spiro atoms. The number of aromatic nitrogens is 4. The third kappa shape index (κ3) is 8.97. The van der Waals surface area contributed by atoms with Gasteiger partial charge in [0.05, 0.1) is 56.0 Å². The molecule has 4 aromatic rings. The van der Waals surface area contributed by atoms with E-state index in [0.29, 0.717) is 18.1 Å². The van der Waals surface area contributed by atoms with Gasteiger partial charge in [-0.2, -0.15) is 13.2 Å². The van der Waals surface area contributed by atoms with Crippen molar-refractivity contribution in [3.05, 3.63) is 72.6 Å². The van der Waals surface area contributed by atoms with E-state index in [4.69, 9.17) is 4.74 Å². The van der Waals surface area contributed by atoms with Crippen LogP contribution in [0.1, 0.15) is 70.7 Å². The van der Waals surface area contributed by atoms with Crippen molar-refractivity contribution < 1.29 is 41.8 Å². The molecule has 310 valence electrons. The van der Waals surface area contributed by atoms with Crippen LogP contribution in [-0.2, 0) is 19.1 Å². The topological polar surface area (TPSA) is 175 Å². The number of amides is 4. The molecule has 0 bridgehead atoms. The average Bonchev–Trinajstić information content (AvgIpc) is 4.04. The maximum atomic E-state index is 14.0. The van der Waals surface area contributed by atoms with E-state index in [1.54, 1.807) is 24.9 Å². The van der Waals surface area contributed by atoms with Gasteiger partial charge in [0, 0.05) is 13.1 Å². The number of alkyl halides is 3. The first-order chi connectivity index (χ1) is 27.6. The monoisotopic (exact) mass is 806 g/mol. The fraction of sp³-hybridized carbons (Fsp3) is 0.463. The van der Waals surface area contributed by atoms with Crippen LogP contribution in [-0.4, -0.2) is 99.3 Å². The number of hydrogen-bond donors (Lipinski definition) is 4. The van der Waals surface area contributed by atoms with E-state index in [1.807, 2.05) is 62.4 Å². The quantitative estimate of drug-likeness (QED) is 0.125. The van der Waals surface area contributed by atoms with Gasteiger partial charge in [0.15, 0.2) is 0 Å². The Labute approximate surface area is 334 Å². The number of methoxy groups -OCH3 is 2. The molecule has 0 radical (unpaired) electrons. The molecule has 14 nitrogen and oxygen atoms in total. The molecule has 17 heteroatoms. The van der Waals surface area contributed by atoms with Crippen LogP contribution in [0.15, 0.2) is 60.9 Å². The summed E-state index contributed by atoms with van der Waals surface area (Å²) >= 11 is 0. The molecule has 58 heavy (non-hydrogen) atoms. The largest absolute Gasteiger partial charge is 0.453 e. The van der Waals surface area contributed by atoms with Crippen LogP contribution >= 0.6 is 0 Å². The van der Waals surface area contributed by atoms with Gasteiger partial charge in [0.25, 0.3) is 0 Å². The summed E-state index contributed by atoms with van der Waals surface area (Å²) in [6.45, 7) is 7.13. The predicted molar refractivity (Wildman–Crippen MR) is 208 cm³/mol. The second-order valence-corrected chi connectivity index (χ2v) is 15.4. The molecule has 5 atom stereocenters. The van der Waals surface area contributed by atoms with E-state index in [-0.39, 0.29) is 30.1 Å². The summed E-state index contributed by atoms with van der Waals surface area (Å²) in [5.74, 6) is -2.23. The Kier molecular flexibility index (Phi) is 12.5. The summed E-state index contributed by atoms with van der Waals surface area (Å²) in [4.78, 5) is 69.6. The van der Waals surface area contributed by atoms with Crippen molar-refractivity contribution in [1.29, 1.82) is 0 Å². The van der Waals surface area contributed by atoms with Gasteiger partial charge in [0.1, 0.15) is 23.7 Å². The van der Waals surface area contributed by atoms with Crippen LogP contribution in [0.25, 0.3) is 33.6 Å². The maximum absolute atomic E-state index is 14.0. The summed E-state index contributed by atoms with van der Waals surface area (Å²) in [6.07, 6.45) is -1.56. The predicted octanol–water partition coefficient (Wildman–Crippen LogP) is 7.01. The Morgan fingerprint density at radius 3 is 1.57 bits per heavy atom. The third-order valence-corrected chi connectivity index (χ3v) is 10.9. The Balaban J connectivity index is 1.14. The van der Waals surface area contributed by atoms with Gasteiger partial charge in [-0.3, -0.25) is 9.59 Å². The first-order valence-electron chi connectivity index (χ1n) is 19.3. The van der Waals surface area contributed by atoms with Gasteiger partial charge in [0.2, 0.25) is 11.8 Å². The second-order valence-electron chi connectivity index (χ2n) is 15.4. The van der Waals surface area contributed by atoms with Crippen molar-refractivity contribution >= 4 is 24.0 Å². The highest BCUT2D eigenvalue weighted by Crippen LogP contribution is 2.43. The van der Waals surface area contributed by atoms with Crippen LogP contribution in [0, 0.1) is 17.8 Å². The molecule has 6 rings (SSSR count). The first-order valence-corrected chi connectivity index (χ1v) is 19.3. The number of halogens is 3. The lowest BCUT2D eigenvalue weighted by Gasteiger charge is -2.30. The highest BCUT2D eigenvalue weighted by atomic mass is 19.4. The number of nitrogens with one attached hydrogen (secondary N) is 4. The number of nitrogens with zero attached hydrogens (tertiary/aromatic N) is 4. The van der Waals surface area contributed by atoms with Crippen molar-refractivity contribution in [3.63, 3.8) is 0 Å². The molecule has 0 unspecified atom stereocenters. The first kappa shape index (κ1) is 41.8. The summed E-state index contributed by atoms with van der Waals surface area (Å²) in [7, 11) is 2.41. The molecule has 2 fully saturated rings. The van der Waals surface area contributed by atoms with Crippen LogP contribution in [0.3, 0.4) is 0 Å². The fourth-order valence-corrected chi connectivity index (χ4v) is 7.64. The molecule has 2 aromatic carbocycles. The number of rotatable bonds is 11. The Morgan fingerprint density at radius 1 is 0.707 bits per heavy atom. The van der Waals surface area contributed by atoms with E-state index in [0.717, 1.165) is 52.8 Å². The molecule has 0 aliphatic carbocycles. The zero-order chi connectivity index (χ0) is 41.9. The summed E-state index contributed by atoms with van der Waals surface area (Å²) < 4.78 is 51.3. The van der Waals surface area contributed by atoms with E-state index in [1.165, 1.54) is 13.3 Å². The zero-order valence-electron chi connectivity index (χ0n) is 33.2. The summed E-state index contributed by atoms with van der Waals surface area (Å²) in [5, 5.41) is 5.13. The van der Waals surface area contributed by atoms with E-state index >= 15 is 0 Å². The van der Waals surface area contributed by atoms with Crippen molar-refractivity contribution in [2.45, 2.75) is 77.3 Å². The van der Waals surface area contributed by atoms with Gasteiger partial charge >= 0.3 is 18.4 Å². The number of hydrogen-bond acceptors (Lipinski definition) is 8. The van der Waals surface area contributed by atoms with Crippen LogP contribution in [0.4, 0.5) is 22.8 Å². The number of likely N-dealkylation sites (tertiary alicyclic amines) is 2. The van der Waals surface area contributed by atoms with Gasteiger partial charge in [-0.25, -0.2) is 19.6 Å². The normalized spacial score (nSPS) is 19.3. The molecule has 4 N–H and O–H groups in total. The molecule has 4 amide bonds. The molecular weight excluding hydrogens is 757 g/mol. The highest BCUT2D eigenvalue weighted by Gasteiger charge is 2.51. The van der Waals surface area contributed by atoms with Crippen molar-refractivity contribution in [2.75, 3.05) is 27.3 Å².